The number of hydrogen-bond acceptors (Lipinski definition) is 6. The fraction of sp³-hybridized carbons (Fsp3) is 0.571. The summed E-state index contributed by atoms with van der Waals surface area (Å²) in [5.41, 5.74) is 1.59. The lowest BCUT2D eigenvalue weighted by Gasteiger charge is -2.23. The van der Waals surface area contributed by atoms with Gasteiger partial charge in [0.2, 0.25) is 0 Å². The summed E-state index contributed by atoms with van der Waals surface area (Å²) in [5, 5.41) is 9.28. The summed E-state index contributed by atoms with van der Waals surface area (Å²) in [4.78, 5) is 32.7. The molecule has 2 saturated heterocycles. The highest BCUT2D eigenvalue weighted by Gasteiger charge is 2.20. The van der Waals surface area contributed by atoms with E-state index in [1.807, 2.05) is 24.6 Å². The fourth-order valence-corrected chi connectivity index (χ4v) is 5.01. The Balaban J connectivity index is 0.00000171. The number of rotatable bonds is 6. The van der Waals surface area contributed by atoms with Crippen molar-refractivity contribution in [2.45, 2.75) is 45.7 Å². The van der Waals surface area contributed by atoms with Gasteiger partial charge in [0.25, 0.3) is 11.5 Å². The summed E-state index contributed by atoms with van der Waals surface area (Å²) < 4.78 is 1.69. The molecule has 10 heteroatoms. The predicted octanol–water partition coefficient (Wildman–Crippen LogP) is 2.99. The number of pyridine rings is 1. The number of halogens is 2. The van der Waals surface area contributed by atoms with Crippen molar-refractivity contribution in [1.82, 2.24) is 20.2 Å². The van der Waals surface area contributed by atoms with E-state index < -0.39 is 0 Å². The summed E-state index contributed by atoms with van der Waals surface area (Å²) in [6.07, 6.45) is 6.47. The Hall–Kier alpha value is -1.61. The Morgan fingerprint density at radius 2 is 2.06 bits per heavy atom. The van der Waals surface area contributed by atoms with Crippen LogP contribution in [0.4, 0.5) is 5.13 Å². The van der Waals surface area contributed by atoms with Crippen molar-refractivity contribution in [2.75, 3.05) is 31.1 Å². The Labute approximate surface area is 199 Å². The van der Waals surface area contributed by atoms with Gasteiger partial charge >= 0.3 is 0 Å². The number of carbonyl (C=O) groups is 1. The first kappa shape index (κ1) is 25.6. The second-order valence-electron chi connectivity index (χ2n) is 8.04. The van der Waals surface area contributed by atoms with Crippen LogP contribution in [0.3, 0.4) is 0 Å². The lowest BCUT2D eigenvalue weighted by Crippen LogP contribution is -2.37. The molecule has 172 valence electrons. The van der Waals surface area contributed by atoms with Crippen LogP contribution in [0.2, 0.25) is 0 Å². The molecular formula is C21H31Cl2N5O2S. The number of aryl methyl sites for hydroxylation is 1. The number of hydrogen-bond donors (Lipinski definition) is 2. The lowest BCUT2D eigenvalue weighted by molar-refractivity contribution is 0.0947. The average Bonchev–Trinajstić information content (AvgIpc) is 3.41. The molecule has 2 aromatic rings. The molecule has 1 amide bonds. The second kappa shape index (κ2) is 11.9. The topological polar surface area (TPSA) is 79.3 Å². The fourth-order valence-electron chi connectivity index (χ4n) is 4.13. The SMILES string of the molecule is Cc1ccn(CC2CCCNC2)c(=O)c1C(=O)NCc1csc(N2CCCC2)n1.Cl.Cl. The number of nitrogens with zero attached hydrogens (tertiary/aromatic N) is 3. The van der Waals surface area contributed by atoms with Crippen LogP contribution in [0.25, 0.3) is 0 Å². The highest BCUT2D eigenvalue weighted by atomic mass is 35.5. The highest BCUT2D eigenvalue weighted by Crippen LogP contribution is 2.24. The highest BCUT2D eigenvalue weighted by molar-refractivity contribution is 7.13. The summed E-state index contributed by atoms with van der Waals surface area (Å²) in [5.74, 6) is 0.110. The second-order valence-corrected chi connectivity index (χ2v) is 8.88. The van der Waals surface area contributed by atoms with E-state index in [2.05, 4.69) is 20.5 Å². The van der Waals surface area contributed by atoms with Gasteiger partial charge in [0, 0.05) is 31.2 Å². The van der Waals surface area contributed by atoms with Crippen LogP contribution in [0.1, 0.15) is 47.3 Å². The molecule has 1 unspecified atom stereocenters. The zero-order valence-electron chi connectivity index (χ0n) is 17.8. The Bertz CT molecular complexity index is 921. The Kier molecular flexibility index (Phi) is 9.81. The molecule has 0 bridgehead atoms. The number of carbonyl (C=O) groups excluding carboxylic acids is 1. The van der Waals surface area contributed by atoms with E-state index in [9.17, 15) is 9.59 Å². The molecule has 2 aliphatic heterocycles. The summed E-state index contributed by atoms with van der Waals surface area (Å²) in [6, 6.07) is 1.86. The van der Waals surface area contributed by atoms with E-state index >= 15 is 0 Å². The molecule has 0 radical (unpaired) electrons. The first-order valence-corrected chi connectivity index (χ1v) is 11.4. The molecule has 0 aromatic carbocycles. The van der Waals surface area contributed by atoms with Gasteiger partial charge in [-0.05, 0) is 63.2 Å². The molecule has 2 fully saturated rings. The largest absolute Gasteiger partial charge is 0.348 e. The van der Waals surface area contributed by atoms with Crippen LogP contribution >= 0.6 is 36.2 Å². The van der Waals surface area contributed by atoms with Crippen LogP contribution in [0, 0.1) is 12.8 Å². The van der Waals surface area contributed by atoms with Crippen LogP contribution in [0.5, 0.6) is 0 Å². The molecule has 1 atom stereocenters. The van der Waals surface area contributed by atoms with Gasteiger partial charge in [0.15, 0.2) is 5.13 Å². The maximum Gasteiger partial charge on any atom is 0.263 e. The summed E-state index contributed by atoms with van der Waals surface area (Å²) in [7, 11) is 0. The van der Waals surface area contributed by atoms with Gasteiger partial charge in [0.1, 0.15) is 5.56 Å². The zero-order valence-corrected chi connectivity index (χ0v) is 20.2. The Morgan fingerprint density at radius 1 is 1.29 bits per heavy atom. The van der Waals surface area contributed by atoms with Gasteiger partial charge in [-0.3, -0.25) is 9.59 Å². The molecule has 2 aromatic heterocycles. The number of aromatic nitrogens is 2. The van der Waals surface area contributed by atoms with Crippen LogP contribution in [-0.4, -0.2) is 41.6 Å². The predicted molar refractivity (Wildman–Crippen MR) is 130 cm³/mol. The smallest absolute Gasteiger partial charge is 0.263 e. The van der Waals surface area contributed by atoms with Crippen molar-refractivity contribution in [3.63, 3.8) is 0 Å². The molecule has 31 heavy (non-hydrogen) atoms. The maximum absolute atomic E-state index is 13.0. The van der Waals surface area contributed by atoms with E-state index in [0.29, 0.717) is 24.6 Å². The maximum atomic E-state index is 13.0. The normalized spacial score (nSPS) is 18.2. The van der Waals surface area contributed by atoms with Crippen molar-refractivity contribution < 1.29 is 4.79 Å². The van der Waals surface area contributed by atoms with Gasteiger partial charge in [-0.2, -0.15) is 0 Å². The van der Waals surface area contributed by atoms with Gasteiger partial charge in [0.05, 0.1) is 12.2 Å². The molecule has 0 spiro atoms. The number of thiazole rings is 1. The molecule has 2 N–H and O–H groups in total. The number of anilines is 1. The van der Waals surface area contributed by atoms with E-state index in [0.717, 1.165) is 49.8 Å². The first-order chi connectivity index (χ1) is 14.1. The van der Waals surface area contributed by atoms with E-state index in [1.54, 1.807) is 15.9 Å². The van der Waals surface area contributed by atoms with E-state index in [4.69, 9.17) is 0 Å². The standard InChI is InChI=1S/C21H29N5O2S.2ClH/c1-15-6-10-26(13-16-5-4-7-22-11-16)20(28)18(15)19(27)23-12-17-14-29-21(24-17)25-8-2-3-9-25;;/h6,10,14,16,22H,2-5,7-9,11-13H2,1H3,(H,23,27);2*1H. The summed E-state index contributed by atoms with van der Waals surface area (Å²) in [6.45, 7) is 6.88. The van der Waals surface area contributed by atoms with Gasteiger partial charge in [-0.15, -0.1) is 36.2 Å². The minimum absolute atomic E-state index is 0. The van der Waals surface area contributed by atoms with E-state index in [-0.39, 0.29) is 41.8 Å². The van der Waals surface area contributed by atoms with E-state index in [1.165, 1.54) is 12.8 Å². The third kappa shape index (κ3) is 6.22. The average molecular weight is 488 g/mol. The molecule has 4 rings (SSSR count). The van der Waals surface area contributed by atoms with Crippen LogP contribution < -0.4 is 21.1 Å². The number of piperidine rings is 1. The van der Waals surface area contributed by atoms with Gasteiger partial charge in [-0.25, -0.2) is 4.98 Å². The van der Waals surface area contributed by atoms with Crippen molar-refractivity contribution in [3.05, 3.63) is 44.8 Å². The summed E-state index contributed by atoms with van der Waals surface area (Å²) >= 11 is 1.61. The molecule has 4 heterocycles. The molecule has 0 aliphatic carbocycles. The first-order valence-electron chi connectivity index (χ1n) is 10.5. The monoisotopic (exact) mass is 487 g/mol. The van der Waals surface area contributed by atoms with Crippen molar-refractivity contribution in [1.29, 1.82) is 0 Å². The lowest BCUT2D eigenvalue weighted by atomic mass is 9.99. The van der Waals surface area contributed by atoms with Crippen molar-refractivity contribution >= 4 is 47.2 Å². The third-order valence-corrected chi connectivity index (χ3v) is 6.75. The Morgan fingerprint density at radius 3 is 2.77 bits per heavy atom. The number of amides is 1. The third-order valence-electron chi connectivity index (χ3n) is 5.80. The zero-order chi connectivity index (χ0) is 20.2. The minimum atomic E-state index is -0.320. The molecular weight excluding hydrogens is 457 g/mol. The molecule has 0 saturated carbocycles. The quantitative estimate of drug-likeness (QED) is 0.654. The van der Waals surface area contributed by atoms with Gasteiger partial charge < -0.3 is 20.1 Å². The number of nitrogens with one attached hydrogen (secondary N) is 2. The molecule has 2 aliphatic rings. The van der Waals surface area contributed by atoms with Crippen LogP contribution in [0.15, 0.2) is 22.4 Å². The van der Waals surface area contributed by atoms with Crippen LogP contribution in [-0.2, 0) is 13.1 Å². The van der Waals surface area contributed by atoms with Crippen molar-refractivity contribution in [2.24, 2.45) is 5.92 Å². The van der Waals surface area contributed by atoms with Gasteiger partial charge in [-0.1, -0.05) is 0 Å². The van der Waals surface area contributed by atoms with Crippen molar-refractivity contribution in [3.8, 4) is 0 Å². The molecule has 7 nitrogen and oxygen atoms in total. The minimum Gasteiger partial charge on any atom is -0.348 e.